The summed E-state index contributed by atoms with van der Waals surface area (Å²) < 4.78 is 21.1. The zero-order valence-electron chi connectivity index (χ0n) is 9.53. The molecule has 2 rings (SSSR count). The zero-order valence-corrected chi connectivity index (χ0v) is 9.53. The highest BCUT2D eigenvalue weighted by Gasteiger charge is 2.62. The lowest BCUT2D eigenvalue weighted by Gasteiger charge is -2.29. The lowest BCUT2D eigenvalue weighted by Crippen LogP contribution is -2.45. The van der Waals surface area contributed by atoms with Gasteiger partial charge in [0, 0.05) is 18.9 Å². The number of esters is 1. The third-order valence-electron chi connectivity index (χ3n) is 2.92. The summed E-state index contributed by atoms with van der Waals surface area (Å²) in [5.74, 6) is -0.424. The fraction of sp³-hybridized carbons (Fsp3) is 0.889. The van der Waals surface area contributed by atoms with E-state index in [-0.39, 0.29) is 13.2 Å². The molecular weight excluding hydrogens is 230 g/mol. The molecule has 0 saturated carbocycles. The first-order valence-corrected chi connectivity index (χ1v) is 5.13. The number of azide groups is 1. The Kier molecular flexibility index (Phi) is 3.21. The molecule has 2 heterocycles. The molecule has 2 bridgehead atoms. The van der Waals surface area contributed by atoms with E-state index in [1.165, 1.54) is 14.0 Å². The average molecular weight is 243 g/mol. The number of hydrogen-bond donors (Lipinski definition) is 0. The van der Waals surface area contributed by atoms with Crippen LogP contribution in [0.4, 0.5) is 0 Å². The molecule has 8 nitrogen and oxygen atoms in total. The quantitative estimate of drug-likeness (QED) is 0.307. The third kappa shape index (κ3) is 1.96. The van der Waals surface area contributed by atoms with E-state index in [0.717, 1.165) is 0 Å². The highest BCUT2D eigenvalue weighted by atomic mass is 16.7. The number of fused-ring (bicyclic) bond motifs is 2. The lowest BCUT2D eigenvalue weighted by atomic mass is 9.98. The van der Waals surface area contributed by atoms with Gasteiger partial charge in [-0.2, -0.15) is 0 Å². The van der Waals surface area contributed by atoms with E-state index in [0.29, 0.717) is 0 Å². The predicted molar refractivity (Wildman–Crippen MR) is 53.9 cm³/mol. The van der Waals surface area contributed by atoms with Crippen LogP contribution in [0.3, 0.4) is 0 Å². The highest BCUT2D eigenvalue weighted by Crippen LogP contribution is 2.42. The van der Waals surface area contributed by atoms with Crippen LogP contribution >= 0.6 is 0 Å². The fourth-order valence-corrected chi connectivity index (χ4v) is 2.14. The molecule has 0 unspecified atom stereocenters. The molecule has 0 aliphatic carbocycles. The van der Waals surface area contributed by atoms with Gasteiger partial charge < -0.3 is 18.9 Å². The van der Waals surface area contributed by atoms with Gasteiger partial charge in [-0.3, -0.25) is 4.79 Å². The van der Waals surface area contributed by atoms with Crippen LogP contribution in [0.2, 0.25) is 0 Å². The molecule has 0 aromatic rings. The Labute approximate surface area is 97.4 Å². The van der Waals surface area contributed by atoms with E-state index >= 15 is 0 Å². The lowest BCUT2D eigenvalue weighted by molar-refractivity contribution is -0.243. The van der Waals surface area contributed by atoms with Crippen LogP contribution in [0.1, 0.15) is 6.92 Å². The van der Waals surface area contributed by atoms with Crippen molar-refractivity contribution in [3.8, 4) is 0 Å². The van der Waals surface area contributed by atoms with Crippen LogP contribution in [0, 0.1) is 0 Å². The summed E-state index contributed by atoms with van der Waals surface area (Å²) in [6.45, 7) is 1.51. The number of carbonyl (C=O) groups excluding carboxylic acids is 1. The Hall–Kier alpha value is -1.34. The molecule has 94 valence electrons. The van der Waals surface area contributed by atoms with Gasteiger partial charge in [-0.25, -0.2) is 0 Å². The van der Waals surface area contributed by atoms with Crippen molar-refractivity contribution in [2.24, 2.45) is 5.11 Å². The van der Waals surface area contributed by atoms with Gasteiger partial charge >= 0.3 is 5.97 Å². The van der Waals surface area contributed by atoms with Gasteiger partial charge in [-0.05, 0) is 5.53 Å². The molecule has 2 fully saturated rings. The van der Waals surface area contributed by atoms with Crippen molar-refractivity contribution in [1.82, 2.24) is 0 Å². The first-order chi connectivity index (χ1) is 8.13. The van der Waals surface area contributed by atoms with Crippen molar-refractivity contribution in [2.75, 3.05) is 20.3 Å². The summed E-state index contributed by atoms with van der Waals surface area (Å²) in [5.41, 5.74) is 7.61. The van der Waals surface area contributed by atoms with Crippen LogP contribution in [0.5, 0.6) is 0 Å². The largest absolute Gasteiger partial charge is 0.463 e. The van der Waals surface area contributed by atoms with Crippen LogP contribution in [0.15, 0.2) is 5.11 Å². The monoisotopic (exact) mass is 243 g/mol. The van der Waals surface area contributed by atoms with Crippen molar-refractivity contribution in [1.29, 1.82) is 0 Å². The van der Waals surface area contributed by atoms with Gasteiger partial charge in [0.1, 0.15) is 24.4 Å². The van der Waals surface area contributed by atoms with E-state index in [9.17, 15) is 4.79 Å². The smallest absolute Gasteiger partial charge is 0.302 e. The first kappa shape index (κ1) is 12.1. The molecule has 8 heteroatoms. The summed E-state index contributed by atoms with van der Waals surface area (Å²) in [7, 11) is 1.47. The zero-order chi connectivity index (χ0) is 12.5. The maximum absolute atomic E-state index is 10.8. The van der Waals surface area contributed by atoms with Crippen molar-refractivity contribution < 1.29 is 23.7 Å². The van der Waals surface area contributed by atoms with E-state index in [1.807, 2.05) is 0 Å². The van der Waals surface area contributed by atoms with Crippen LogP contribution in [-0.4, -0.2) is 50.3 Å². The van der Waals surface area contributed by atoms with Gasteiger partial charge in [-0.15, -0.1) is 0 Å². The second-order valence-electron chi connectivity index (χ2n) is 3.99. The molecule has 2 aliphatic rings. The minimum Gasteiger partial charge on any atom is -0.463 e. The molecule has 0 aromatic heterocycles. The SMILES string of the molecule is CO[C@H]1O[C@@]2(COC(C)=O)CO[C@@H]1[C@@H]2N=[N+]=[N-]. The molecule has 2 aliphatic heterocycles. The Bertz CT molecular complexity index is 370. The Balaban J connectivity index is 2.18. The van der Waals surface area contributed by atoms with E-state index in [1.54, 1.807) is 0 Å². The van der Waals surface area contributed by atoms with Gasteiger partial charge in [-0.1, -0.05) is 5.11 Å². The first-order valence-electron chi connectivity index (χ1n) is 5.13. The average Bonchev–Trinajstić information content (AvgIpc) is 2.80. The van der Waals surface area contributed by atoms with Crippen molar-refractivity contribution >= 4 is 5.97 Å². The summed E-state index contributed by atoms with van der Waals surface area (Å²) in [4.78, 5) is 13.6. The summed E-state index contributed by atoms with van der Waals surface area (Å²) in [6.07, 6.45) is -1.05. The number of ether oxygens (including phenoxy) is 4. The van der Waals surface area contributed by atoms with Crippen molar-refractivity contribution in [3.63, 3.8) is 0 Å². The van der Waals surface area contributed by atoms with E-state index in [4.69, 9.17) is 24.5 Å². The molecule has 0 amide bonds. The predicted octanol–water partition coefficient (Wildman–Crippen LogP) is 0.369. The van der Waals surface area contributed by atoms with Crippen molar-refractivity contribution in [3.05, 3.63) is 10.4 Å². The fourth-order valence-electron chi connectivity index (χ4n) is 2.14. The van der Waals surface area contributed by atoms with Gasteiger partial charge in [0.2, 0.25) is 0 Å². The minimum absolute atomic E-state index is 0.0115. The molecule has 0 N–H and O–H groups in total. The maximum Gasteiger partial charge on any atom is 0.302 e. The van der Waals surface area contributed by atoms with E-state index in [2.05, 4.69) is 10.0 Å². The summed E-state index contributed by atoms with van der Waals surface area (Å²) >= 11 is 0. The molecule has 0 radical (unpaired) electrons. The number of methoxy groups -OCH3 is 1. The second kappa shape index (κ2) is 4.50. The standard InChI is InChI=1S/C9H13N3O5/c1-5(13)15-3-9-4-16-6(7(9)11-12-10)8(14-2)17-9/h6-8H,3-4H2,1-2H3/t6-,7+,8+,9+/m1/s1. The van der Waals surface area contributed by atoms with Crippen molar-refractivity contribution in [2.45, 2.75) is 31.0 Å². The number of rotatable bonds is 4. The normalized spacial score (nSPS) is 38.8. The third-order valence-corrected chi connectivity index (χ3v) is 2.92. The molecule has 0 spiro atoms. The topological polar surface area (TPSA) is 103 Å². The second-order valence-corrected chi connectivity index (χ2v) is 3.99. The Morgan fingerprint density at radius 2 is 2.47 bits per heavy atom. The molecule has 2 saturated heterocycles. The number of carbonyl (C=O) groups is 1. The summed E-state index contributed by atoms with van der Waals surface area (Å²) in [5, 5.41) is 3.66. The van der Waals surface area contributed by atoms with Gasteiger partial charge in [0.25, 0.3) is 0 Å². The highest BCUT2D eigenvalue weighted by molar-refractivity contribution is 5.66. The van der Waals surface area contributed by atoms with Crippen LogP contribution in [0.25, 0.3) is 10.4 Å². The Morgan fingerprint density at radius 3 is 3.06 bits per heavy atom. The molecule has 4 atom stereocenters. The minimum atomic E-state index is -0.927. The number of hydrogen-bond acceptors (Lipinski definition) is 6. The van der Waals surface area contributed by atoms with Crippen LogP contribution in [-0.2, 0) is 23.7 Å². The van der Waals surface area contributed by atoms with Gasteiger partial charge in [0.05, 0.1) is 6.61 Å². The number of nitrogens with zero attached hydrogens (tertiary/aromatic N) is 3. The maximum atomic E-state index is 10.8. The van der Waals surface area contributed by atoms with Crippen LogP contribution < -0.4 is 0 Å². The Morgan fingerprint density at radius 1 is 1.71 bits per heavy atom. The van der Waals surface area contributed by atoms with E-state index < -0.39 is 30.0 Å². The molecular formula is C9H13N3O5. The summed E-state index contributed by atoms with van der Waals surface area (Å²) in [6, 6.07) is -0.545. The van der Waals surface area contributed by atoms with Gasteiger partial charge in [0.15, 0.2) is 6.29 Å². The molecule has 17 heavy (non-hydrogen) atoms. The molecule has 0 aromatic carbocycles.